The van der Waals surface area contributed by atoms with Gasteiger partial charge >= 0.3 is 0 Å². The number of nitrogens with one attached hydrogen (secondary N) is 1. The molecule has 88 valence electrons. The number of rotatable bonds is 3. The fourth-order valence-corrected chi connectivity index (χ4v) is 1.71. The van der Waals surface area contributed by atoms with Crippen LogP contribution in [0.2, 0.25) is 0 Å². The minimum absolute atomic E-state index is 0.188. The number of hydrogen-bond donors (Lipinski definition) is 1. The van der Waals surface area contributed by atoms with Crippen molar-refractivity contribution in [3.8, 4) is 0 Å². The number of halogens is 3. The maximum Gasteiger partial charge on any atom is 0.128 e. The van der Waals surface area contributed by atoms with Crippen molar-refractivity contribution >= 4 is 21.7 Å². The van der Waals surface area contributed by atoms with Gasteiger partial charge in [-0.15, -0.1) is 0 Å². The third kappa shape index (κ3) is 3.23. The highest BCUT2D eigenvalue weighted by atomic mass is 79.9. The van der Waals surface area contributed by atoms with E-state index in [0.29, 0.717) is 10.4 Å². The van der Waals surface area contributed by atoms with E-state index in [0.717, 1.165) is 12.1 Å². The number of nitrogens with zero attached hydrogens (tertiary/aromatic N) is 1. The highest BCUT2D eigenvalue weighted by Crippen LogP contribution is 2.14. The summed E-state index contributed by atoms with van der Waals surface area (Å²) in [6.07, 6.45) is 0. The molecule has 2 rings (SSSR count). The molecule has 0 bridgehead atoms. The van der Waals surface area contributed by atoms with Crippen LogP contribution in [0.15, 0.2) is 41.0 Å². The normalized spacial score (nSPS) is 10.3. The van der Waals surface area contributed by atoms with E-state index >= 15 is 0 Å². The van der Waals surface area contributed by atoms with Gasteiger partial charge in [-0.05, 0) is 46.3 Å². The summed E-state index contributed by atoms with van der Waals surface area (Å²) in [5.41, 5.74) is 0.270. The molecule has 1 heterocycles. The molecule has 0 fully saturated rings. The van der Waals surface area contributed by atoms with Gasteiger partial charge in [0.25, 0.3) is 0 Å². The molecule has 0 radical (unpaired) electrons. The third-order valence-corrected chi connectivity index (χ3v) is 2.62. The lowest BCUT2D eigenvalue weighted by Crippen LogP contribution is -2.03. The van der Waals surface area contributed by atoms with Gasteiger partial charge in [-0.1, -0.05) is 6.07 Å². The van der Waals surface area contributed by atoms with Gasteiger partial charge in [-0.3, -0.25) is 0 Å². The van der Waals surface area contributed by atoms with E-state index in [9.17, 15) is 8.78 Å². The number of anilines is 1. The predicted molar refractivity (Wildman–Crippen MR) is 65.6 cm³/mol. The minimum Gasteiger partial charge on any atom is -0.366 e. The zero-order valence-corrected chi connectivity index (χ0v) is 10.3. The molecule has 2 nitrogen and oxygen atoms in total. The minimum atomic E-state index is -0.453. The van der Waals surface area contributed by atoms with Crippen molar-refractivity contribution in [1.82, 2.24) is 4.98 Å². The van der Waals surface area contributed by atoms with E-state index in [2.05, 4.69) is 26.2 Å². The molecule has 0 aliphatic carbocycles. The molecule has 0 amide bonds. The average molecular weight is 299 g/mol. The van der Waals surface area contributed by atoms with Crippen LogP contribution in [-0.2, 0) is 6.54 Å². The Morgan fingerprint density at radius 2 is 2.00 bits per heavy atom. The van der Waals surface area contributed by atoms with E-state index in [1.165, 1.54) is 6.07 Å². The molecule has 0 aliphatic rings. The largest absolute Gasteiger partial charge is 0.366 e. The molecule has 5 heteroatoms. The van der Waals surface area contributed by atoms with Crippen molar-refractivity contribution in [3.05, 3.63) is 58.2 Å². The van der Waals surface area contributed by atoms with Gasteiger partial charge in [0.2, 0.25) is 0 Å². The summed E-state index contributed by atoms with van der Waals surface area (Å²) in [6.45, 7) is 0.188. The first-order valence-corrected chi connectivity index (χ1v) is 5.75. The Morgan fingerprint density at radius 3 is 2.76 bits per heavy atom. The Labute approximate surface area is 106 Å². The standard InChI is InChI=1S/C12H9BrF2N2/c13-11-2-1-3-12(17-11)16-7-8-6-9(14)4-5-10(8)15/h1-6H,7H2,(H,16,17). The fraction of sp³-hybridized carbons (Fsp3) is 0.0833. The van der Waals surface area contributed by atoms with Crippen LogP contribution in [0.4, 0.5) is 14.6 Å². The molecular formula is C12H9BrF2N2. The van der Waals surface area contributed by atoms with Crippen LogP contribution >= 0.6 is 15.9 Å². The molecule has 0 unspecified atom stereocenters. The maximum absolute atomic E-state index is 13.3. The SMILES string of the molecule is Fc1ccc(F)c(CNc2cccc(Br)n2)c1. The van der Waals surface area contributed by atoms with Gasteiger partial charge in [-0.25, -0.2) is 13.8 Å². The maximum atomic E-state index is 13.3. The Bertz CT molecular complexity index is 532. The van der Waals surface area contributed by atoms with Crippen molar-refractivity contribution in [2.45, 2.75) is 6.54 Å². The quantitative estimate of drug-likeness (QED) is 0.873. The summed E-state index contributed by atoms with van der Waals surface area (Å²) in [5, 5.41) is 2.92. The number of pyridine rings is 1. The summed E-state index contributed by atoms with van der Waals surface area (Å²) in [4.78, 5) is 4.13. The van der Waals surface area contributed by atoms with Crippen LogP contribution in [0.1, 0.15) is 5.56 Å². The lowest BCUT2D eigenvalue weighted by atomic mass is 10.2. The number of aromatic nitrogens is 1. The van der Waals surface area contributed by atoms with Gasteiger partial charge in [-0.2, -0.15) is 0 Å². The van der Waals surface area contributed by atoms with Crippen molar-refractivity contribution in [3.63, 3.8) is 0 Å². The molecule has 0 atom stereocenters. The molecule has 1 aromatic carbocycles. The lowest BCUT2D eigenvalue weighted by Gasteiger charge is -2.07. The number of benzene rings is 1. The van der Waals surface area contributed by atoms with Crippen molar-refractivity contribution in [1.29, 1.82) is 0 Å². The summed E-state index contributed by atoms with van der Waals surface area (Å²) < 4.78 is 26.9. The first-order valence-electron chi connectivity index (χ1n) is 4.95. The summed E-state index contributed by atoms with van der Waals surface area (Å²) in [6, 6.07) is 8.72. The zero-order chi connectivity index (χ0) is 12.3. The summed E-state index contributed by atoms with van der Waals surface area (Å²) >= 11 is 3.23. The Morgan fingerprint density at radius 1 is 1.18 bits per heavy atom. The van der Waals surface area contributed by atoms with E-state index in [1.807, 2.05) is 0 Å². The van der Waals surface area contributed by atoms with Crippen LogP contribution in [0, 0.1) is 11.6 Å². The summed E-state index contributed by atoms with van der Waals surface area (Å²) in [7, 11) is 0. The molecule has 2 aromatic rings. The fourth-order valence-electron chi connectivity index (χ4n) is 1.37. The Hall–Kier alpha value is -1.49. The predicted octanol–water partition coefficient (Wildman–Crippen LogP) is 3.73. The molecule has 17 heavy (non-hydrogen) atoms. The van der Waals surface area contributed by atoms with Gasteiger partial charge in [0.05, 0.1) is 0 Å². The second-order valence-electron chi connectivity index (χ2n) is 3.43. The van der Waals surface area contributed by atoms with Gasteiger partial charge < -0.3 is 5.32 Å². The van der Waals surface area contributed by atoms with Gasteiger partial charge in [0, 0.05) is 12.1 Å². The smallest absolute Gasteiger partial charge is 0.128 e. The third-order valence-electron chi connectivity index (χ3n) is 2.18. The molecule has 0 saturated carbocycles. The topological polar surface area (TPSA) is 24.9 Å². The molecule has 1 N–H and O–H groups in total. The van der Waals surface area contributed by atoms with Crippen molar-refractivity contribution in [2.75, 3.05) is 5.32 Å². The molecule has 0 spiro atoms. The zero-order valence-electron chi connectivity index (χ0n) is 8.75. The first kappa shape index (κ1) is 12.0. The van der Waals surface area contributed by atoms with E-state index in [-0.39, 0.29) is 12.1 Å². The highest BCUT2D eigenvalue weighted by Gasteiger charge is 2.04. The second kappa shape index (κ2) is 5.23. The van der Waals surface area contributed by atoms with Crippen LogP contribution in [0.5, 0.6) is 0 Å². The first-order chi connectivity index (χ1) is 8.15. The molecular weight excluding hydrogens is 290 g/mol. The molecule has 0 aliphatic heterocycles. The summed E-state index contributed by atoms with van der Waals surface area (Å²) in [5.74, 6) is -0.290. The average Bonchev–Trinajstić information content (AvgIpc) is 2.30. The highest BCUT2D eigenvalue weighted by molar-refractivity contribution is 9.10. The second-order valence-corrected chi connectivity index (χ2v) is 4.25. The van der Waals surface area contributed by atoms with Crippen LogP contribution in [-0.4, -0.2) is 4.98 Å². The number of hydrogen-bond acceptors (Lipinski definition) is 2. The van der Waals surface area contributed by atoms with E-state index in [1.54, 1.807) is 18.2 Å². The Balaban J connectivity index is 2.09. The van der Waals surface area contributed by atoms with Crippen molar-refractivity contribution in [2.24, 2.45) is 0 Å². The van der Waals surface area contributed by atoms with Crippen LogP contribution in [0.25, 0.3) is 0 Å². The molecule has 0 saturated heterocycles. The van der Waals surface area contributed by atoms with Gasteiger partial charge in [0.15, 0.2) is 0 Å². The van der Waals surface area contributed by atoms with Crippen LogP contribution in [0.3, 0.4) is 0 Å². The van der Waals surface area contributed by atoms with Crippen molar-refractivity contribution < 1.29 is 8.78 Å². The van der Waals surface area contributed by atoms with Crippen LogP contribution < -0.4 is 5.32 Å². The van der Waals surface area contributed by atoms with E-state index < -0.39 is 11.6 Å². The lowest BCUT2D eigenvalue weighted by molar-refractivity contribution is 0.587. The molecule has 1 aromatic heterocycles. The van der Waals surface area contributed by atoms with Gasteiger partial charge in [0.1, 0.15) is 22.1 Å². The Kier molecular flexibility index (Phi) is 3.68. The monoisotopic (exact) mass is 298 g/mol. The van der Waals surface area contributed by atoms with E-state index in [4.69, 9.17) is 0 Å².